The van der Waals surface area contributed by atoms with Crippen LogP contribution in [0.5, 0.6) is 0 Å². The maximum Gasteiger partial charge on any atom is 0.262 e. The van der Waals surface area contributed by atoms with Gasteiger partial charge in [-0.25, -0.2) is 13.5 Å². The Hall–Kier alpha value is -4.47. The Morgan fingerprint density at radius 2 is 1.94 bits per heavy atom. The van der Waals surface area contributed by atoms with Crippen molar-refractivity contribution in [3.8, 4) is 11.1 Å². The average Bonchev–Trinajstić information content (AvgIpc) is 3.10. The highest BCUT2D eigenvalue weighted by atomic mass is 19.1. The molecular weight excluding hydrogens is 459 g/mol. The standard InChI is InChI=1S/C25H20F3N5O2/c1-15-22(24(28)33(2)32-15)25(34)31-23-20(10-19(26)11-21(23)27)18-7-5-16(6-8-18)13-30-35-14-17-4-3-9-29-12-17/h3-13H,14H2,1-2H3,(H,31,34). The summed E-state index contributed by atoms with van der Waals surface area (Å²) in [5.41, 5.74) is 1.60. The zero-order valence-electron chi connectivity index (χ0n) is 18.8. The number of carbonyl (C=O) groups excluding carboxylic acids is 1. The molecule has 0 aliphatic heterocycles. The lowest BCUT2D eigenvalue weighted by molar-refractivity contribution is 0.102. The molecule has 0 unspecified atom stereocenters. The Balaban J connectivity index is 1.54. The number of aromatic nitrogens is 3. The van der Waals surface area contributed by atoms with Gasteiger partial charge in [-0.3, -0.25) is 9.78 Å². The van der Waals surface area contributed by atoms with E-state index in [0.29, 0.717) is 17.2 Å². The van der Waals surface area contributed by atoms with Gasteiger partial charge in [-0.05, 0) is 30.2 Å². The van der Waals surface area contributed by atoms with E-state index in [1.807, 2.05) is 6.07 Å². The molecule has 0 fully saturated rings. The van der Waals surface area contributed by atoms with E-state index in [2.05, 4.69) is 20.6 Å². The summed E-state index contributed by atoms with van der Waals surface area (Å²) in [5, 5.41) is 10.1. The molecule has 0 atom stereocenters. The Kier molecular flexibility index (Phi) is 6.91. The van der Waals surface area contributed by atoms with Crippen LogP contribution in [0.3, 0.4) is 0 Å². The molecule has 2 aromatic carbocycles. The first-order valence-electron chi connectivity index (χ1n) is 10.5. The van der Waals surface area contributed by atoms with Crippen LogP contribution in [-0.4, -0.2) is 26.9 Å². The van der Waals surface area contributed by atoms with Gasteiger partial charge >= 0.3 is 0 Å². The molecule has 0 aliphatic carbocycles. The number of halogens is 3. The third-order valence-corrected chi connectivity index (χ3v) is 5.12. The third kappa shape index (κ3) is 5.37. The van der Waals surface area contributed by atoms with Gasteiger partial charge in [0.2, 0.25) is 5.95 Å². The minimum absolute atomic E-state index is 0.0918. The largest absolute Gasteiger partial charge is 0.391 e. The van der Waals surface area contributed by atoms with Crippen LogP contribution in [0.25, 0.3) is 11.1 Å². The maximum atomic E-state index is 14.7. The predicted octanol–water partition coefficient (Wildman–Crippen LogP) is 5.01. The van der Waals surface area contributed by atoms with Crippen LogP contribution in [-0.2, 0) is 18.5 Å². The van der Waals surface area contributed by atoms with Crippen molar-refractivity contribution < 1.29 is 22.8 Å². The number of nitrogens with zero attached hydrogens (tertiary/aromatic N) is 4. The molecule has 0 bridgehead atoms. The number of hydrogen-bond donors (Lipinski definition) is 1. The van der Waals surface area contributed by atoms with E-state index in [1.165, 1.54) is 20.2 Å². The minimum Gasteiger partial charge on any atom is -0.391 e. The van der Waals surface area contributed by atoms with Gasteiger partial charge in [0.05, 0.1) is 17.6 Å². The van der Waals surface area contributed by atoms with E-state index < -0.39 is 23.5 Å². The molecule has 0 radical (unpaired) electrons. The van der Waals surface area contributed by atoms with Gasteiger partial charge in [-0.2, -0.15) is 9.49 Å². The van der Waals surface area contributed by atoms with Crippen LogP contribution in [0.15, 0.2) is 66.1 Å². The van der Waals surface area contributed by atoms with Crippen molar-refractivity contribution in [1.29, 1.82) is 0 Å². The number of aryl methyl sites for hydroxylation is 2. The molecule has 4 rings (SSSR count). The van der Waals surface area contributed by atoms with Gasteiger partial charge in [0.25, 0.3) is 5.91 Å². The molecule has 178 valence electrons. The molecule has 0 aliphatic rings. The lowest BCUT2D eigenvalue weighted by Gasteiger charge is -2.13. The summed E-state index contributed by atoms with van der Waals surface area (Å²) < 4.78 is 43.9. The molecule has 1 amide bonds. The first kappa shape index (κ1) is 23.7. The first-order valence-corrected chi connectivity index (χ1v) is 10.5. The number of rotatable bonds is 7. The minimum atomic E-state index is -0.996. The van der Waals surface area contributed by atoms with Crippen molar-refractivity contribution in [1.82, 2.24) is 14.8 Å². The van der Waals surface area contributed by atoms with Crippen LogP contribution in [0.2, 0.25) is 0 Å². The molecular formula is C25H20F3N5O2. The molecule has 7 nitrogen and oxygen atoms in total. The predicted molar refractivity (Wildman–Crippen MR) is 124 cm³/mol. The van der Waals surface area contributed by atoms with Crippen molar-refractivity contribution in [2.75, 3.05) is 5.32 Å². The SMILES string of the molecule is Cc1nn(C)c(F)c1C(=O)Nc1c(F)cc(F)cc1-c1ccc(C=NOCc2cccnc2)cc1. The Labute approximate surface area is 198 Å². The van der Waals surface area contributed by atoms with Gasteiger partial charge in [-0.1, -0.05) is 35.5 Å². The summed E-state index contributed by atoms with van der Waals surface area (Å²) in [6.45, 7) is 1.71. The third-order valence-electron chi connectivity index (χ3n) is 5.12. The molecule has 0 saturated heterocycles. The van der Waals surface area contributed by atoms with Gasteiger partial charge in [0.1, 0.15) is 23.8 Å². The number of benzene rings is 2. The van der Waals surface area contributed by atoms with E-state index in [9.17, 15) is 18.0 Å². The molecule has 2 heterocycles. The number of hydrogen-bond acceptors (Lipinski definition) is 5. The van der Waals surface area contributed by atoms with E-state index in [4.69, 9.17) is 4.84 Å². The first-order chi connectivity index (χ1) is 16.8. The highest BCUT2D eigenvalue weighted by molar-refractivity contribution is 6.07. The zero-order chi connectivity index (χ0) is 24.9. The second-order valence-corrected chi connectivity index (χ2v) is 7.63. The van der Waals surface area contributed by atoms with Crippen LogP contribution < -0.4 is 5.32 Å². The Morgan fingerprint density at radius 1 is 1.17 bits per heavy atom. The van der Waals surface area contributed by atoms with Gasteiger partial charge in [0.15, 0.2) is 0 Å². The highest BCUT2D eigenvalue weighted by Crippen LogP contribution is 2.32. The topological polar surface area (TPSA) is 81.4 Å². The van der Waals surface area contributed by atoms with Gasteiger partial charge in [-0.15, -0.1) is 0 Å². The second kappa shape index (κ2) is 10.2. The molecule has 1 N–H and O–H groups in total. The summed E-state index contributed by atoms with van der Waals surface area (Å²) >= 11 is 0. The number of anilines is 1. The normalized spacial score (nSPS) is 11.1. The van der Waals surface area contributed by atoms with Gasteiger partial charge < -0.3 is 10.2 Å². The van der Waals surface area contributed by atoms with E-state index >= 15 is 0 Å². The molecule has 0 saturated carbocycles. The van der Waals surface area contributed by atoms with E-state index in [1.54, 1.807) is 42.7 Å². The molecule has 10 heteroatoms. The quantitative estimate of drug-likeness (QED) is 0.298. The Bertz CT molecular complexity index is 1390. The van der Waals surface area contributed by atoms with E-state index in [-0.39, 0.29) is 29.1 Å². The zero-order valence-corrected chi connectivity index (χ0v) is 18.8. The highest BCUT2D eigenvalue weighted by Gasteiger charge is 2.23. The fraction of sp³-hybridized carbons (Fsp3) is 0.120. The van der Waals surface area contributed by atoms with Crippen molar-refractivity contribution in [2.45, 2.75) is 13.5 Å². The van der Waals surface area contributed by atoms with Crippen LogP contribution in [0, 0.1) is 24.5 Å². The maximum absolute atomic E-state index is 14.7. The molecule has 35 heavy (non-hydrogen) atoms. The van der Waals surface area contributed by atoms with Crippen LogP contribution in [0.4, 0.5) is 18.9 Å². The number of nitrogens with one attached hydrogen (secondary N) is 1. The lowest BCUT2D eigenvalue weighted by Crippen LogP contribution is -2.16. The second-order valence-electron chi connectivity index (χ2n) is 7.63. The summed E-state index contributed by atoms with van der Waals surface area (Å²) in [7, 11) is 1.35. The molecule has 2 aromatic heterocycles. The van der Waals surface area contributed by atoms with Crippen molar-refractivity contribution in [3.63, 3.8) is 0 Å². The summed E-state index contributed by atoms with van der Waals surface area (Å²) in [4.78, 5) is 21.9. The number of amides is 1. The van der Waals surface area contributed by atoms with E-state index in [0.717, 1.165) is 16.3 Å². The fourth-order valence-corrected chi connectivity index (χ4v) is 3.43. The molecule has 4 aromatic rings. The number of carbonyl (C=O) groups is 1. The van der Waals surface area contributed by atoms with Crippen molar-refractivity contribution >= 4 is 17.8 Å². The number of pyridine rings is 1. The summed E-state index contributed by atoms with van der Waals surface area (Å²) in [5.74, 6) is -3.58. The summed E-state index contributed by atoms with van der Waals surface area (Å²) in [6.07, 6.45) is 4.82. The molecule has 0 spiro atoms. The van der Waals surface area contributed by atoms with Crippen molar-refractivity contribution in [3.05, 3.63) is 101 Å². The van der Waals surface area contributed by atoms with Gasteiger partial charge in [0, 0.05) is 36.6 Å². The smallest absolute Gasteiger partial charge is 0.262 e. The fourth-order valence-electron chi connectivity index (χ4n) is 3.43. The lowest BCUT2D eigenvalue weighted by atomic mass is 10.0. The monoisotopic (exact) mass is 479 g/mol. The van der Waals surface area contributed by atoms with Crippen LogP contribution in [0.1, 0.15) is 27.2 Å². The summed E-state index contributed by atoms with van der Waals surface area (Å²) in [6, 6.07) is 12.0. The van der Waals surface area contributed by atoms with Crippen LogP contribution >= 0.6 is 0 Å². The average molecular weight is 479 g/mol. The Morgan fingerprint density at radius 3 is 2.60 bits per heavy atom. The van der Waals surface area contributed by atoms with Crippen molar-refractivity contribution in [2.24, 2.45) is 12.2 Å². The number of oxime groups is 1.